The molecule has 0 fully saturated rings. The van der Waals surface area contributed by atoms with Crippen LogP contribution < -0.4 is 16.4 Å². The van der Waals surface area contributed by atoms with E-state index in [2.05, 4.69) is 20.8 Å². The lowest BCUT2D eigenvalue weighted by molar-refractivity contribution is -0.118. The van der Waals surface area contributed by atoms with Gasteiger partial charge in [-0.05, 0) is 12.8 Å². The molecule has 7 nitrogen and oxygen atoms in total. The minimum atomic E-state index is -0.320. The number of nitrogens with one attached hydrogen (secondary N) is 2. The van der Waals surface area contributed by atoms with Gasteiger partial charge in [0.2, 0.25) is 16.0 Å². The van der Waals surface area contributed by atoms with E-state index in [1.807, 2.05) is 0 Å². The van der Waals surface area contributed by atoms with E-state index in [1.165, 1.54) is 11.3 Å². The number of primary amides is 1. The highest BCUT2D eigenvalue weighted by Gasteiger charge is 2.11. The first-order chi connectivity index (χ1) is 8.13. The van der Waals surface area contributed by atoms with Crippen LogP contribution in [0, 0.1) is 0 Å². The number of unbranched alkanes of at least 4 members (excludes halogenated alkanes) is 1. The maximum atomic E-state index is 11.5. The molecule has 94 valence electrons. The summed E-state index contributed by atoms with van der Waals surface area (Å²) in [7, 11) is 1.71. The van der Waals surface area contributed by atoms with Crippen molar-refractivity contribution in [3.8, 4) is 0 Å². The molecule has 8 heteroatoms. The van der Waals surface area contributed by atoms with Gasteiger partial charge in [-0.2, -0.15) is 0 Å². The second-order valence-corrected chi connectivity index (χ2v) is 4.32. The first kappa shape index (κ1) is 13.4. The predicted molar refractivity (Wildman–Crippen MR) is 64.8 cm³/mol. The lowest BCUT2D eigenvalue weighted by Gasteiger charge is -2.01. The third-order valence-corrected chi connectivity index (χ3v) is 2.91. The smallest absolute Gasteiger partial charge is 0.282 e. The Balaban J connectivity index is 2.23. The van der Waals surface area contributed by atoms with Gasteiger partial charge in [0.1, 0.15) is 0 Å². The number of hydrogen-bond acceptors (Lipinski definition) is 6. The molecule has 0 aromatic carbocycles. The molecule has 1 rings (SSSR count). The molecule has 0 unspecified atom stereocenters. The molecular weight excluding hydrogens is 242 g/mol. The van der Waals surface area contributed by atoms with E-state index < -0.39 is 0 Å². The van der Waals surface area contributed by atoms with Gasteiger partial charge >= 0.3 is 0 Å². The van der Waals surface area contributed by atoms with Crippen molar-refractivity contribution >= 4 is 28.3 Å². The maximum Gasteiger partial charge on any atom is 0.282 e. The highest BCUT2D eigenvalue weighted by molar-refractivity contribution is 7.17. The Bertz CT molecular complexity index is 392. The van der Waals surface area contributed by atoms with Crippen molar-refractivity contribution in [1.29, 1.82) is 0 Å². The fraction of sp³-hybridized carbons (Fsp3) is 0.556. The molecule has 1 heterocycles. The van der Waals surface area contributed by atoms with Gasteiger partial charge in [0, 0.05) is 20.0 Å². The predicted octanol–water partition coefficient (Wildman–Crippen LogP) is -0.0348. The van der Waals surface area contributed by atoms with Gasteiger partial charge in [-0.3, -0.25) is 9.59 Å². The first-order valence-corrected chi connectivity index (χ1v) is 6.03. The number of nitrogens with two attached hydrogens (primary N) is 1. The minimum absolute atomic E-state index is 0.247. The summed E-state index contributed by atoms with van der Waals surface area (Å²) in [6, 6.07) is 0. The summed E-state index contributed by atoms with van der Waals surface area (Å²) in [5.41, 5.74) is 4.99. The molecule has 0 saturated heterocycles. The van der Waals surface area contributed by atoms with Gasteiger partial charge in [0.05, 0.1) is 0 Å². The third-order valence-electron chi connectivity index (χ3n) is 1.97. The highest BCUT2D eigenvalue weighted by atomic mass is 32.1. The number of nitrogens with zero attached hydrogens (tertiary/aromatic N) is 2. The van der Waals surface area contributed by atoms with Crippen molar-refractivity contribution < 1.29 is 9.59 Å². The summed E-state index contributed by atoms with van der Waals surface area (Å²) < 4.78 is 0. The fourth-order valence-corrected chi connectivity index (χ4v) is 1.73. The summed E-state index contributed by atoms with van der Waals surface area (Å²) >= 11 is 1.19. The summed E-state index contributed by atoms with van der Waals surface area (Å²) in [6.07, 6.45) is 1.73. The van der Waals surface area contributed by atoms with Crippen molar-refractivity contribution in [2.75, 3.05) is 18.9 Å². The molecule has 0 aliphatic rings. The average Bonchev–Trinajstić information content (AvgIpc) is 2.76. The SMILES string of the molecule is CNc1nnc(C(=O)NCCCCC(N)=O)s1. The molecule has 1 aromatic rings. The highest BCUT2D eigenvalue weighted by Crippen LogP contribution is 2.13. The molecule has 1 aromatic heterocycles. The second-order valence-electron chi connectivity index (χ2n) is 3.34. The van der Waals surface area contributed by atoms with E-state index in [0.717, 1.165) is 0 Å². The quantitative estimate of drug-likeness (QED) is 0.594. The van der Waals surface area contributed by atoms with E-state index in [9.17, 15) is 9.59 Å². The van der Waals surface area contributed by atoms with E-state index in [0.29, 0.717) is 35.9 Å². The number of hydrogen-bond donors (Lipinski definition) is 3. The molecular formula is C9H15N5O2S. The Morgan fingerprint density at radius 1 is 1.35 bits per heavy atom. The van der Waals surface area contributed by atoms with E-state index in [-0.39, 0.29) is 11.8 Å². The normalized spacial score (nSPS) is 9.94. The molecule has 4 N–H and O–H groups in total. The molecule has 0 atom stereocenters. The van der Waals surface area contributed by atoms with Gasteiger partial charge in [-0.15, -0.1) is 10.2 Å². The molecule has 0 aliphatic heterocycles. The van der Waals surface area contributed by atoms with Crippen LogP contribution in [0.3, 0.4) is 0 Å². The Morgan fingerprint density at radius 2 is 2.12 bits per heavy atom. The van der Waals surface area contributed by atoms with Crippen molar-refractivity contribution in [3.63, 3.8) is 0 Å². The number of carbonyl (C=O) groups excluding carboxylic acids is 2. The number of aromatic nitrogens is 2. The molecule has 0 aliphatic carbocycles. The first-order valence-electron chi connectivity index (χ1n) is 5.21. The molecule has 0 radical (unpaired) electrons. The van der Waals surface area contributed by atoms with Crippen molar-refractivity contribution in [2.24, 2.45) is 5.73 Å². The van der Waals surface area contributed by atoms with Crippen LogP contribution in [-0.2, 0) is 4.79 Å². The average molecular weight is 257 g/mol. The molecule has 2 amide bonds. The summed E-state index contributed by atoms with van der Waals surface area (Å²) in [6.45, 7) is 0.501. The van der Waals surface area contributed by atoms with Crippen LogP contribution in [0.2, 0.25) is 0 Å². The van der Waals surface area contributed by atoms with Crippen LogP contribution in [0.5, 0.6) is 0 Å². The van der Waals surface area contributed by atoms with Crippen LogP contribution in [0.15, 0.2) is 0 Å². The zero-order valence-corrected chi connectivity index (χ0v) is 10.3. The van der Waals surface area contributed by atoms with Crippen LogP contribution >= 0.6 is 11.3 Å². The topological polar surface area (TPSA) is 110 Å². The summed E-state index contributed by atoms with van der Waals surface area (Å²) in [4.78, 5) is 22.0. The number of anilines is 1. The van der Waals surface area contributed by atoms with Crippen LogP contribution in [0.25, 0.3) is 0 Å². The standard InChI is InChI=1S/C9H15N5O2S/c1-11-9-14-13-8(17-9)7(16)12-5-3-2-4-6(10)15/h2-5H2,1H3,(H2,10,15)(H,11,14)(H,12,16). The van der Waals surface area contributed by atoms with E-state index in [1.54, 1.807) is 7.05 Å². The Hall–Kier alpha value is -1.70. The van der Waals surface area contributed by atoms with Gasteiger partial charge in [0.15, 0.2) is 0 Å². The summed E-state index contributed by atoms with van der Waals surface area (Å²) in [5.74, 6) is -0.567. The zero-order chi connectivity index (χ0) is 12.7. The van der Waals surface area contributed by atoms with Gasteiger partial charge in [-0.1, -0.05) is 11.3 Å². The number of amides is 2. The largest absolute Gasteiger partial charge is 0.370 e. The lowest BCUT2D eigenvalue weighted by atomic mass is 10.2. The van der Waals surface area contributed by atoms with Gasteiger partial charge in [0.25, 0.3) is 5.91 Å². The number of rotatable bonds is 7. The zero-order valence-electron chi connectivity index (χ0n) is 9.52. The number of carbonyl (C=O) groups is 2. The molecule has 17 heavy (non-hydrogen) atoms. The molecule has 0 saturated carbocycles. The van der Waals surface area contributed by atoms with Crippen LogP contribution in [0.1, 0.15) is 29.1 Å². The fourth-order valence-electron chi connectivity index (χ4n) is 1.12. The van der Waals surface area contributed by atoms with Crippen molar-refractivity contribution in [1.82, 2.24) is 15.5 Å². The van der Waals surface area contributed by atoms with Crippen LogP contribution in [-0.4, -0.2) is 35.6 Å². The van der Waals surface area contributed by atoms with Gasteiger partial charge < -0.3 is 16.4 Å². The Labute approximate surface area is 103 Å². The Morgan fingerprint density at radius 3 is 2.71 bits per heavy atom. The monoisotopic (exact) mass is 257 g/mol. The maximum absolute atomic E-state index is 11.5. The minimum Gasteiger partial charge on any atom is -0.370 e. The van der Waals surface area contributed by atoms with E-state index in [4.69, 9.17) is 5.73 Å². The van der Waals surface area contributed by atoms with Crippen molar-refractivity contribution in [2.45, 2.75) is 19.3 Å². The Kier molecular flexibility index (Phi) is 5.34. The van der Waals surface area contributed by atoms with Gasteiger partial charge in [-0.25, -0.2) is 0 Å². The third kappa shape index (κ3) is 4.77. The van der Waals surface area contributed by atoms with Crippen LogP contribution in [0.4, 0.5) is 5.13 Å². The molecule has 0 spiro atoms. The lowest BCUT2D eigenvalue weighted by Crippen LogP contribution is -2.24. The van der Waals surface area contributed by atoms with Crippen molar-refractivity contribution in [3.05, 3.63) is 5.01 Å². The molecule has 0 bridgehead atoms. The van der Waals surface area contributed by atoms with E-state index >= 15 is 0 Å². The summed E-state index contributed by atoms with van der Waals surface area (Å²) in [5, 5.41) is 13.9. The second kappa shape index (κ2) is 6.79.